The minimum absolute atomic E-state index is 0.169. The van der Waals surface area contributed by atoms with Crippen molar-refractivity contribution in [1.82, 2.24) is 0 Å². The van der Waals surface area contributed by atoms with E-state index in [1.807, 2.05) is 0 Å². The molecule has 0 aliphatic heterocycles. The highest BCUT2D eigenvalue weighted by Crippen LogP contribution is 2.31. The summed E-state index contributed by atoms with van der Waals surface area (Å²) in [5.41, 5.74) is 5.68. The summed E-state index contributed by atoms with van der Waals surface area (Å²) in [6.45, 7) is 5.17. The van der Waals surface area contributed by atoms with Crippen LogP contribution >= 0.6 is 0 Å². The number of rotatable bonds is 5. The number of ether oxygens (including phenoxy) is 3. The summed E-state index contributed by atoms with van der Waals surface area (Å²) in [4.78, 5) is 22.3. The van der Waals surface area contributed by atoms with Crippen LogP contribution in [0, 0.1) is 0 Å². The Morgan fingerprint density at radius 2 is 1.91 bits per heavy atom. The van der Waals surface area contributed by atoms with Crippen molar-refractivity contribution in [2.75, 3.05) is 7.11 Å². The monoisotopic (exact) mass is 311 g/mol. The molecule has 0 heterocycles. The summed E-state index contributed by atoms with van der Waals surface area (Å²) in [6.07, 6.45) is -1.07. The molecule has 1 rings (SSSR count). The molecule has 0 saturated carbocycles. The largest absolute Gasteiger partial charge is 0.514 e. The molecule has 0 aliphatic carbocycles. The van der Waals surface area contributed by atoms with Crippen LogP contribution in [0.3, 0.4) is 0 Å². The molecule has 7 heteroatoms. The fraction of sp³-hybridized carbons (Fsp3) is 0.467. The van der Waals surface area contributed by atoms with E-state index >= 15 is 0 Å². The molecule has 122 valence electrons. The molecule has 1 unspecified atom stereocenters. The molecule has 22 heavy (non-hydrogen) atoms. The number of methoxy groups -OCH3 is 1. The minimum atomic E-state index is -0.999. The van der Waals surface area contributed by atoms with E-state index in [0.29, 0.717) is 5.56 Å². The van der Waals surface area contributed by atoms with E-state index in [4.69, 9.17) is 25.1 Å². The lowest BCUT2D eigenvalue weighted by Gasteiger charge is -2.19. The van der Waals surface area contributed by atoms with Gasteiger partial charge >= 0.3 is 12.1 Å². The Morgan fingerprint density at radius 3 is 2.41 bits per heavy atom. The maximum absolute atomic E-state index is 11.7. The normalized spacial score (nSPS) is 12.4. The Hall–Kier alpha value is -2.28. The molecule has 0 spiro atoms. The Labute approximate surface area is 129 Å². The summed E-state index contributed by atoms with van der Waals surface area (Å²) >= 11 is 0. The first-order valence-electron chi connectivity index (χ1n) is 6.68. The Morgan fingerprint density at radius 1 is 1.27 bits per heavy atom. The van der Waals surface area contributed by atoms with Crippen LogP contribution < -0.4 is 15.2 Å². The first-order valence-corrected chi connectivity index (χ1v) is 6.68. The number of benzene rings is 1. The lowest BCUT2D eigenvalue weighted by atomic mass is 10.0. The lowest BCUT2D eigenvalue weighted by molar-refractivity contribution is -0.137. The highest BCUT2D eigenvalue weighted by molar-refractivity contribution is 5.68. The maximum atomic E-state index is 11.7. The topological polar surface area (TPSA) is 108 Å². The number of carboxylic acids is 1. The standard InChI is InChI=1S/C15H21NO6/c1-15(2,3)22-14(19)21-11-6-5-9(7-12(11)20-4)10(16)8-13(17)18/h5-7,10H,8,16H2,1-4H3,(H,17,18). The second kappa shape index (κ2) is 7.13. The van der Waals surface area contributed by atoms with E-state index in [1.165, 1.54) is 19.2 Å². The lowest BCUT2D eigenvalue weighted by Crippen LogP contribution is -2.26. The van der Waals surface area contributed by atoms with Crippen molar-refractivity contribution in [2.24, 2.45) is 5.73 Å². The molecule has 0 saturated heterocycles. The maximum Gasteiger partial charge on any atom is 0.514 e. The molecule has 1 aromatic rings. The molecule has 3 N–H and O–H groups in total. The van der Waals surface area contributed by atoms with Crippen molar-refractivity contribution in [3.8, 4) is 11.5 Å². The van der Waals surface area contributed by atoms with Gasteiger partial charge in [-0.05, 0) is 38.5 Å². The summed E-state index contributed by atoms with van der Waals surface area (Å²) in [6, 6.07) is 3.92. The van der Waals surface area contributed by atoms with Gasteiger partial charge in [0.1, 0.15) is 5.60 Å². The Bertz CT molecular complexity index is 549. The van der Waals surface area contributed by atoms with Crippen molar-refractivity contribution >= 4 is 12.1 Å². The molecule has 0 bridgehead atoms. The first-order chi connectivity index (χ1) is 10.1. The highest BCUT2D eigenvalue weighted by Gasteiger charge is 2.20. The van der Waals surface area contributed by atoms with E-state index in [2.05, 4.69) is 0 Å². The third-order valence-corrected chi connectivity index (χ3v) is 2.59. The van der Waals surface area contributed by atoms with Gasteiger partial charge in [0, 0.05) is 6.04 Å². The molecule has 0 fully saturated rings. The number of aliphatic carboxylic acids is 1. The molecular weight excluding hydrogens is 290 g/mol. The van der Waals surface area contributed by atoms with E-state index in [1.54, 1.807) is 26.8 Å². The number of hydrogen-bond donors (Lipinski definition) is 2. The third kappa shape index (κ3) is 5.61. The van der Waals surface area contributed by atoms with Gasteiger partial charge in [-0.2, -0.15) is 0 Å². The molecule has 0 amide bonds. The summed E-state index contributed by atoms with van der Waals surface area (Å²) < 4.78 is 15.3. The van der Waals surface area contributed by atoms with Gasteiger partial charge in [0.2, 0.25) is 0 Å². The quantitative estimate of drug-likeness (QED) is 0.635. The third-order valence-electron chi connectivity index (χ3n) is 2.59. The summed E-state index contributed by atoms with van der Waals surface area (Å²) in [5.74, 6) is -0.562. The van der Waals surface area contributed by atoms with E-state index in [-0.39, 0.29) is 17.9 Å². The molecule has 1 aromatic carbocycles. The van der Waals surface area contributed by atoms with Crippen LogP contribution in [-0.2, 0) is 9.53 Å². The van der Waals surface area contributed by atoms with E-state index in [0.717, 1.165) is 0 Å². The molecule has 0 aromatic heterocycles. The van der Waals surface area contributed by atoms with Crippen LogP contribution in [0.5, 0.6) is 11.5 Å². The van der Waals surface area contributed by atoms with Crippen LogP contribution in [0.2, 0.25) is 0 Å². The first kappa shape index (κ1) is 17.8. The van der Waals surface area contributed by atoms with E-state index in [9.17, 15) is 9.59 Å². The number of hydrogen-bond acceptors (Lipinski definition) is 6. The average Bonchev–Trinajstić information content (AvgIpc) is 2.35. The van der Waals surface area contributed by atoms with Gasteiger partial charge in [-0.1, -0.05) is 6.07 Å². The fourth-order valence-electron chi connectivity index (χ4n) is 1.67. The average molecular weight is 311 g/mol. The van der Waals surface area contributed by atoms with Gasteiger partial charge in [-0.15, -0.1) is 0 Å². The second-order valence-electron chi connectivity index (χ2n) is 5.68. The zero-order valence-corrected chi connectivity index (χ0v) is 13.1. The number of carboxylic acid groups (broad SMARTS) is 1. The summed E-state index contributed by atoms with van der Waals surface area (Å²) in [7, 11) is 1.41. The van der Waals surface area contributed by atoms with E-state index < -0.39 is 23.8 Å². The molecule has 0 aliphatic rings. The van der Waals surface area contributed by atoms with Crippen molar-refractivity contribution in [3.63, 3.8) is 0 Å². The zero-order valence-electron chi connectivity index (χ0n) is 13.1. The molecular formula is C15H21NO6. The van der Waals surface area contributed by atoms with Gasteiger partial charge in [-0.25, -0.2) is 4.79 Å². The van der Waals surface area contributed by atoms with Crippen LogP contribution in [0.1, 0.15) is 38.8 Å². The molecule has 0 radical (unpaired) electrons. The van der Waals surface area contributed by atoms with Crippen molar-refractivity contribution in [2.45, 2.75) is 38.8 Å². The smallest absolute Gasteiger partial charge is 0.493 e. The van der Waals surface area contributed by atoms with Gasteiger partial charge < -0.3 is 25.1 Å². The fourth-order valence-corrected chi connectivity index (χ4v) is 1.67. The zero-order chi connectivity index (χ0) is 16.9. The number of nitrogens with two attached hydrogens (primary N) is 1. The Balaban J connectivity index is 2.89. The number of carbonyl (C=O) groups excluding carboxylic acids is 1. The predicted octanol–water partition coefficient (Wildman–Crippen LogP) is 2.48. The Kier molecular flexibility index (Phi) is 5.76. The van der Waals surface area contributed by atoms with Crippen molar-refractivity contribution < 1.29 is 28.9 Å². The van der Waals surface area contributed by atoms with Crippen LogP contribution in [0.4, 0.5) is 4.79 Å². The predicted molar refractivity (Wildman–Crippen MR) is 79.0 cm³/mol. The summed E-state index contributed by atoms with van der Waals surface area (Å²) in [5, 5.41) is 8.76. The molecule has 1 atom stereocenters. The number of carbonyl (C=O) groups is 2. The molecule has 7 nitrogen and oxygen atoms in total. The van der Waals surface area contributed by atoms with Gasteiger partial charge in [0.25, 0.3) is 0 Å². The van der Waals surface area contributed by atoms with Crippen LogP contribution in [0.15, 0.2) is 18.2 Å². The van der Waals surface area contributed by atoms with Crippen molar-refractivity contribution in [3.05, 3.63) is 23.8 Å². The minimum Gasteiger partial charge on any atom is -0.493 e. The highest BCUT2D eigenvalue weighted by atomic mass is 16.7. The second-order valence-corrected chi connectivity index (χ2v) is 5.68. The van der Waals surface area contributed by atoms with Crippen LogP contribution in [-0.4, -0.2) is 29.9 Å². The van der Waals surface area contributed by atoms with Gasteiger partial charge in [-0.3, -0.25) is 4.79 Å². The van der Waals surface area contributed by atoms with Crippen molar-refractivity contribution in [1.29, 1.82) is 0 Å². The SMILES string of the molecule is COc1cc(C(N)CC(=O)O)ccc1OC(=O)OC(C)(C)C. The van der Waals surface area contributed by atoms with Crippen LogP contribution in [0.25, 0.3) is 0 Å². The van der Waals surface area contributed by atoms with Gasteiger partial charge in [0.15, 0.2) is 11.5 Å². The van der Waals surface area contributed by atoms with Gasteiger partial charge in [0.05, 0.1) is 13.5 Å².